The fourth-order valence-corrected chi connectivity index (χ4v) is 3.53. The molecule has 1 aliphatic heterocycles. The first-order valence-electron chi connectivity index (χ1n) is 7.78. The van der Waals surface area contributed by atoms with E-state index in [0.29, 0.717) is 6.42 Å². The average molecular weight is 314 g/mol. The molecule has 0 radical (unpaired) electrons. The van der Waals surface area contributed by atoms with E-state index in [-0.39, 0.29) is 5.91 Å². The molecule has 1 aliphatic rings. The van der Waals surface area contributed by atoms with Gasteiger partial charge in [0, 0.05) is 39.1 Å². The van der Waals surface area contributed by atoms with Gasteiger partial charge in [0.05, 0.1) is 0 Å². The van der Waals surface area contributed by atoms with E-state index >= 15 is 0 Å². The molecule has 0 atom stereocenters. The van der Waals surface area contributed by atoms with Gasteiger partial charge < -0.3 is 4.90 Å². The first kappa shape index (κ1) is 15.3. The minimum absolute atomic E-state index is 0.274. The molecule has 0 bridgehead atoms. The van der Waals surface area contributed by atoms with Gasteiger partial charge in [-0.05, 0) is 40.4 Å². The SMILES string of the molecule is Cc1ccccc1CN1CCN(Cc2ccsc2)CCC1=O. The van der Waals surface area contributed by atoms with Gasteiger partial charge in [0.15, 0.2) is 0 Å². The van der Waals surface area contributed by atoms with Crippen molar-refractivity contribution >= 4 is 17.2 Å². The van der Waals surface area contributed by atoms with Crippen LogP contribution < -0.4 is 0 Å². The van der Waals surface area contributed by atoms with Gasteiger partial charge in [-0.1, -0.05) is 24.3 Å². The highest BCUT2D eigenvalue weighted by Gasteiger charge is 2.21. The van der Waals surface area contributed by atoms with Gasteiger partial charge in [-0.15, -0.1) is 0 Å². The number of carbonyl (C=O) groups is 1. The Hall–Kier alpha value is -1.65. The molecule has 2 heterocycles. The van der Waals surface area contributed by atoms with Gasteiger partial charge in [-0.25, -0.2) is 0 Å². The molecule has 3 nitrogen and oxygen atoms in total. The summed E-state index contributed by atoms with van der Waals surface area (Å²) in [7, 11) is 0. The summed E-state index contributed by atoms with van der Waals surface area (Å²) < 4.78 is 0. The number of benzene rings is 1. The van der Waals surface area contributed by atoms with E-state index in [9.17, 15) is 4.79 Å². The Morgan fingerprint density at radius 3 is 2.73 bits per heavy atom. The van der Waals surface area contributed by atoms with Crippen LogP contribution in [0.2, 0.25) is 0 Å². The summed E-state index contributed by atoms with van der Waals surface area (Å²) in [5, 5.41) is 4.31. The molecule has 1 amide bonds. The van der Waals surface area contributed by atoms with Crippen molar-refractivity contribution in [3.63, 3.8) is 0 Å². The minimum Gasteiger partial charge on any atom is -0.337 e. The van der Waals surface area contributed by atoms with E-state index in [1.807, 2.05) is 17.0 Å². The van der Waals surface area contributed by atoms with Crippen molar-refractivity contribution < 1.29 is 4.79 Å². The fraction of sp³-hybridized carbons (Fsp3) is 0.389. The van der Waals surface area contributed by atoms with Crippen LogP contribution in [0, 0.1) is 6.92 Å². The molecule has 4 heteroatoms. The van der Waals surface area contributed by atoms with Crippen LogP contribution in [0.25, 0.3) is 0 Å². The molecule has 0 spiro atoms. The second-order valence-corrected chi connectivity index (χ2v) is 6.68. The number of hydrogen-bond acceptors (Lipinski definition) is 3. The number of rotatable bonds is 4. The van der Waals surface area contributed by atoms with E-state index in [0.717, 1.165) is 32.7 Å². The van der Waals surface area contributed by atoms with Crippen molar-refractivity contribution in [2.75, 3.05) is 19.6 Å². The number of nitrogens with zero attached hydrogens (tertiary/aromatic N) is 2. The lowest BCUT2D eigenvalue weighted by Crippen LogP contribution is -2.32. The fourth-order valence-electron chi connectivity index (χ4n) is 2.87. The van der Waals surface area contributed by atoms with Gasteiger partial charge in [-0.3, -0.25) is 9.69 Å². The Balaban J connectivity index is 1.62. The third-order valence-corrected chi connectivity index (χ3v) is 5.02. The molecule has 3 rings (SSSR count). The number of thiophene rings is 1. The van der Waals surface area contributed by atoms with Crippen molar-refractivity contribution in [2.45, 2.75) is 26.4 Å². The molecule has 1 aromatic heterocycles. The summed E-state index contributed by atoms with van der Waals surface area (Å²) in [6.07, 6.45) is 0.621. The molecule has 2 aromatic rings. The topological polar surface area (TPSA) is 23.6 Å². The molecule has 1 aromatic carbocycles. The first-order valence-corrected chi connectivity index (χ1v) is 8.72. The lowest BCUT2D eigenvalue weighted by Gasteiger charge is -2.22. The molecule has 0 unspecified atom stereocenters. The Bertz CT molecular complexity index is 624. The second-order valence-electron chi connectivity index (χ2n) is 5.90. The highest BCUT2D eigenvalue weighted by atomic mass is 32.1. The van der Waals surface area contributed by atoms with Crippen LogP contribution in [0.3, 0.4) is 0 Å². The summed E-state index contributed by atoms with van der Waals surface area (Å²) in [6.45, 7) is 6.43. The van der Waals surface area contributed by atoms with Crippen molar-refractivity contribution in [2.24, 2.45) is 0 Å². The molecule has 0 saturated carbocycles. The van der Waals surface area contributed by atoms with Gasteiger partial charge in [0.1, 0.15) is 0 Å². The molecular weight excluding hydrogens is 292 g/mol. The van der Waals surface area contributed by atoms with E-state index in [2.05, 4.69) is 40.8 Å². The largest absolute Gasteiger partial charge is 0.337 e. The van der Waals surface area contributed by atoms with Gasteiger partial charge in [0.2, 0.25) is 5.91 Å². The summed E-state index contributed by atoms with van der Waals surface area (Å²) in [6, 6.07) is 10.5. The average Bonchev–Trinajstić information content (AvgIpc) is 2.96. The number of hydrogen-bond donors (Lipinski definition) is 0. The van der Waals surface area contributed by atoms with Crippen LogP contribution in [0.5, 0.6) is 0 Å². The maximum Gasteiger partial charge on any atom is 0.224 e. The normalized spacial score (nSPS) is 16.8. The lowest BCUT2D eigenvalue weighted by molar-refractivity contribution is -0.130. The summed E-state index contributed by atoms with van der Waals surface area (Å²) >= 11 is 1.73. The Kier molecular flexibility index (Phi) is 4.90. The second kappa shape index (κ2) is 7.07. The summed E-state index contributed by atoms with van der Waals surface area (Å²) in [4.78, 5) is 16.8. The lowest BCUT2D eigenvalue weighted by atomic mass is 10.1. The molecule has 1 fully saturated rings. The number of carbonyl (C=O) groups excluding carboxylic acids is 1. The van der Waals surface area contributed by atoms with Gasteiger partial charge >= 0.3 is 0 Å². The molecule has 116 valence electrons. The predicted molar refractivity (Wildman–Crippen MR) is 90.8 cm³/mol. The maximum atomic E-state index is 12.4. The van der Waals surface area contributed by atoms with Crippen LogP contribution in [0.1, 0.15) is 23.1 Å². The summed E-state index contributed by atoms with van der Waals surface area (Å²) in [5.74, 6) is 0.274. The maximum absolute atomic E-state index is 12.4. The van der Waals surface area contributed by atoms with E-state index in [4.69, 9.17) is 0 Å². The van der Waals surface area contributed by atoms with E-state index < -0.39 is 0 Å². The quantitative estimate of drug-likeness (QED) is 0.864. The standard InChI is InChI=1S/C18H22N2OS/c1-15-4-2-3-5-17(15)13-20-10-9-19(8-6-18(20)21)12-16-7-11-22-14-16/h2-5,7,11,14H,6,8-10,12-13H2,1H3. The van der Waals surface area contributed by atoms with Crippen molar-refractivity contribution in [1.29, 1.82) is 0 Å². The minimum atomic E-state index is 0.274. The van der Waals surface area contributed by atoms with E-state index in [1.54, 1.807) is 11.3 Å². The van der Waals surface area contributed by atoms with Gasteiger partial charge in [0.25, 0.3) is 0 Å². The molecule has 0 aliphatic carbocycles. The van der Waals surface area contributed by atoms with Crippen LogP contribution in [-0.4, -0.2) is 35.3 Å². The van der Waals surface area contributed by atoms with Gasteiger partial charge in [-0.2, -0.15) is 11.3 Å². The van der Waals surface area contributed by atoms with Crippen LogP contribution in [-0.2, 0) is 17.9 Å². The summed E-state index contributed by atoms with van der Waals surface area (Å²) in [5.41, 5.74) is 3.86. The van der Waals surface area contributed by atoms with E-state index in [1.165, 1.54) is 16.7 Å². The Labute approximate surface area is 136 Å². The highest BCUT2D eigenvalue weighted by Crippen LogP contribution is 2.15. The third kappa shape index (κ3) is 3.76. The monoisotopic (exact) mass is 314 g/mol. The highest BCUT2D eigenvalue weighted by molar-refractivity contribution is 7.07. The van der Waals surface area contributed by atoms with Crippen LogP contribution in [0.15, 0.2) is 41.1 Å². The van der Waals surface area contributed by atoms with Crippen LogP contribution in [0.4, 0.5) is 0 Å². The zero-order valence-corrected chi connectivity index (χ0v) is 13.8. The van der Waals surface area contributed by atoms with Crippen LogP contribution >= 0.6 is 11.3 Å². The zero-order valence-electron chi connectivity index (χ0n) is 13.0. The Morgan fingerprint density at radius 2 is 1.95 bits per heavy atom. The molecule has 22 heavy (non-hydrogen) atoms. The Morgan fingerprint density at radius 1 is 1.09 bits per heavy atom. The number of aryl methyl sites for hydroxylation is 1. The number of amides is 1. The molecule has 1 saturated heterocycles. The molecule has 0 N–H and O–H groups in total. The smallest absolute Gasteiger partial charge is 0.224 e. The van der Waals surface area contributed by atoms with Crippen molar-refractivity contribution in [3.05, 3.63) is 57.8 Å². The third-order valence-electron chi connectivity index (χ3n) is 4.29. The van der Waals surface area contributed by atoms with Crippen molar-refractivity contribution in [3.8, 4) is 0 Å². The molecular formula is C18H22N2OS. The van der Waals surface area contributed by atoms with Crippen molar-refractivity contribution in [1.82, 2.24) is 9.80 Å². The first-order chi connectivity index (χ1) is 10.7. The predicted octanol–water partition coefficient (Wildman–Crippen LogP) is 3.29. The zero-order chi connectivity index (χ0) is 15.4.